The average Bonchev–Trinajstić information content (AvgIpc) is 2.55. The molecule has 0 aliphatic carbocycles. The normalized spacial score (nSPS) is 10.2. The second-order valence-corrected chi connectivity index (χ2v) is 5.95. The van der Waals surface area contributed by atoms with Gasteiger partial charge in [-0.3, -0.25) is 9.59 Å². The van der Waals surface area contributed by atoms with Gasteiger partial charge in [0.05, 0.1) is 5.69 Å². The molecule has 0 atom stereocenters. The molecule has 0 unspecified atom stereocenters. The van der Waals surface area contributed by atoms with Crippen LogP contribution in [0.4, 0.5) is 5.69 Å². The molecule has 7 heteroatoms. The summed E-state index contributed by atoms with van der Waals surface area (Å²) in [4.78, 5) is 23.7. The van der Waals surface area contributed by atoms with Crippen molar-refractivity contribution in [3.63, 3.8) is 0 Å². The molecule has 0 saturated carbocycles. The summed E-state index contributed by atoms with van der Waals surface area (Å²) < 4.78 is 0. The summed E-state index contributed by atoms with van der Waals surface area (Å²) in [5.41, 5.74) is 0.769. The number of phenols is 1. The van der Waals surface area contributed by atoms with Gasteiger partial charge in [0.25, 0.3) is 5.91 Å². The van der Waals surface area contributed by atoms with Gasteiger partial charge in [-0.1, -0.05) is 23.2 Å². The molecule has 0 bridgehead atoms. The van der Waals surface area contributed by atoms with Gasteiger partial charge in [0, 0.05) is 28.6 Å². The fourth-order valence-electron chi connectivity index (χ4n) is 1.98. The van der Waals surface area contributed by atoms with E-state index in [0.717, 1.165) is 0 Å². The molecule has 0 fully saturated rings. The third kappa shape index (κ3) is 5.44. The van der Waals surface area contributed by atoms with Crippen molar-refractivity contribution in [1.82, 2.24) is 5.32 Å². The summed E-state index contributed by atoms with van der Waals surface area (Å²) in [6.07, 6.45) is 0.666. The topological polar surface area (TPSA) is 78.4 Å². The van der Waals surface area contributed by atoms with E-state index in [4.69, 9.17) is 23.2 Å². The van der Waals surface area contributed by atoms with Gasteiger partial charge in [-0.2, -0.15) is 0 Å². The van der Waals surface area contributed by atoms with E-state index in [-0.39, 0.29) is 29.7 Å². The Labute approximate surface area is 149 Å². The highest BCUT2D eigenvalue weighted by Gasteiger charge is 2.08. The smallest absolute Gasteiger partial charge is 0.251 e. The molecule has 2 amide bonds. The van der Waals surface area contributed by atoms with Crippen molar-refractivity contribution in [2.24, 2.45) is 0 Å². The Balaban J connectivity index is 1.73. The molecule has 5 nitrogen and oxygen atoms in total. The Morgan fingerprint density at radius 3 is 2.38 bits per heavy atom. The lowest BCUT2D eigenvalue weighted by Crippen LogP contribution is -2.25. The quantitative estimate of drug-likeness (QED) is 0.536. The number of anilines is 1. The van der Waals surface area contributed by atoms with Crippen LogP contribution in [0.3, 0.4) is 0 Å². The minimum Gasteiger partial charge on any atom is -0.506 e. The number of carbonyl (C=O) groups is 2. The van der Waals surface area contributed by atoms with Crippen molar-refractivity contribution < 1.29 is 14.7 Å². The van der Waals surface area contributed by atoms with Crippen molar-refractivity contribution in [3.05, 3.63) is 58.1 Å². The van der Waals surface area contributed by atoms with Crippen LogP contribution in [0, 0.1) is 0 Å². The lowest BCUT2D eigenvalue weighted by Gasteiger charge is -2.08. The second kappa shape index (κ2) is 8.57. The van der Waals surface area contributed by atoms with Gasteiger partial charge in [0.15, 0.2) is 0 Å². The van der Waals surface area contributed by atoms with Crippen LogP contribution in [0.15, 0.2) is 42.5 Å². The fraction of sp³-hybridized carbons (Fsp3) is 0.176. The zero-order valence-electron chi connectivity index (χ0n) is 12.7. The maximum atomic E-state index is 11.9. The van der Waals surface area contributed by atoms with Gasteiger partial charge < -0.3 is 15.7 Å². The molecule has 2 aromatic carbocycles. The minimum atomic E-state index is -0.270. The number of hydrogen-bond acceptors (Lipinski definition) is 3. The zero-order valence-corrected chi connectivity index (χ0v) is 14.2. The molecule has 0 radical (unpaired) electrons. The predicted molar refractivity (Wildman–Crippen MR) is 94.8 cm³/mol. The van der Waals surface area contributed by atoms with E-state index >= 15 is 0 Å². The molecule has 0 heterocycles. The molecule has 0 aromatic heterocycles. The summed E-state index contributed by atoms with van der Waals surface area (Å²) in [6.45, 7) is 0.358. The minimum absolute atomic E-state index is 0.0520. The largest absolute Gasteiger partial charge is 0.506 e. The first-order valence-corrected chi connectivity index (χ1v) is 8.03. The van der Waals surface area contributed by atoms with Gasteiger partial charge in [0.2, 0.25) is 5.91 Å². The number of benzene rings is 2. The van der Waals surface area contributed by atoms with Gasteiger partial charge in [0.1, 0.15) is 5.75 Å². The third-order valence-corrected chi connectivity index (χ3v) is 3.69. The number of aromatic hydroxyl groups is 1. The van der Waals surface area contributed by atoms with E-state index in [0.29, 0.717) is 28.6 Å². The number of rotatable bonds is 6. The standard InChI is InChI=1S/C17H16Cl2N2O3/c18-12-5-3-11(4-6-12)17(24)20-9-1-2-16(23)21-14-10-13(19)7-8-15(14)22/h3-8,10,22H,1-2,9H2,(H,20,24)(H,21,23). The zero-order chi connectivity index (χ0) is 17.5. The number of hydrogen-bond donors (Lipinski definition) is 3. The SMILES string of the molecule is O=C(CCCNC(=O)c1ccc(Cl)cc1)Nc1cc(Cl)ccc1O. The van der Waals surface area contributed by atoms with Gasteiger partial charge in [-0.25, -0.2) is 0 Å². The summed E-state index contributed by atoms with van der Waals surface area (Å²) in [5.74, 6) is -0.545. The first kappa shape index (κ1) is 18.1. The molecular formula is C17H16Cl2N2O3. The molecule has 0 spiro atoms. The summed E-state index contributed by atoms with van der Waals surface area (Å²) in [7, 11) is 0. The molecule has 0 aliphatic heterocycles. The van der Waals surface area contributed by atoms with Gasteiger partial charge in [-0.15, -0.1) is 0 Å². The van der Waals surface area contributed by atoms with Gasteiger partial charge >= 0.3 is 0 Å². The number of phenolic OH excluding ortho intramolecular Hbond substituents is 1. The van der Waals surface area contributed by atoms with Crippen molar-refractivity contribution in [2.45, 2.75) is 12.8 Å². The Morgan fingerprint density at radius 2 is 1.67 bits per heavy atom. The molecule has 126 valence electrons. The van der Waals surface area contributed by atoms with Crippen molar-refractivity contribution >= 4 is 40.7 Å². The van der Waals surface area contributed by atoms with E-state index in [1.165, 1.54) is 18.2 Å². The fourth-order valence-corrected chi connectivity index (χ4v) is 2.27. The maximum absolute atomic E-state index is 11.9. The van der Waals surface area contributed by atoms with Crippen LogP contribution < -0.4 is 10.6 Å². The Morgan fingerprint density at radius 1 is 1.00 bits per heavy atom. The maximum Gasteiger partial charge on any atom is 0.251 e. The van der Waals surface area contributed by atoms with Crippen LogP contribution in [0.2, 0.25) is 10.0 Å². The molecule has 24 heavy (non-hydrogen) atoms. The van der Waals surface area contributed by atoms with E-state index in [2.05, 4.69) is 10.6 Å². The van der Waals surface area contributed by atoms with Crippen LogP contribution in [-0.2, 0) is 4.79 Å². The van der Waals surface area contributed by atoms with Crippen LogP contribution >= 0.6 is 23.2 Å². The summed E-state index contributed by atoms with van der Waals surface area (Å²) in [6, 6.07) is 10.9. The van der Waals surface area contributed by atoms with Gasteiger partial charge in [-0.05, 0) is 48.9 Å². The highest BCUT2D eigenvalue weighted by molar-refractivity contribution is 6.31. The lowest BCUT2D eigenvalue weighted by atomic mass is 10.2. The van der Waals surface area contributed by atoms with E-state index in [1.807, 2.05) is 0 Å². The monoisotopic (exact) mass is 366 g/mol. The highest BCUT2D eigenvalue weighted by atomic mass is 35.5. The van der Waals surface area contributed by atoms with Crippen LogP contribution in [0.25, 0.3) is 0 Å². The lowest BCUT2D eigenvalue weighted by molar-refractivity contribution is -0.116. The molecule has 2 rings (SSSR count). The van der Waals surface area contributed by atoms with Crippen LogP contribution in [0.1, 0.15) is 23.2 Å². The first-order chi connectivity index (χ1) is 11.5. The van der Waals surface area contributed by atoms with E-state index in [1.54, 1.807) is 24.3 Å². The third-order valence-electron chi connectivity index (χ3n) is 3.21. The molecule has 2 aromatic rings. The Bertz CT molecular complexity index is 733. The van der Waals surface area contributed by atoms with Crippen LogP contribution in [0.5, 0.6) is 5.75 Å². The summed E-state index contributed by atoms with van der Waals surface area (Å²) >= 11 is 11.6. The molecule has 0 aliphatic rings. The predicted octanol–water partition coefficient (Wildman–Crippen LogP) is 3.85. The Hall–Kier alpha value is -2.24. The second-order valence-electron chi connectivity index (χ2n) is 5.08. The number of nitrogens with one attached hydrogen (secondary N) is 2. The molecule has 3 N–H and O–H groups in total. The number of amides is 2. The van der Waals surface area contributed by atoms with Crippen LogP contribution in [-0.4, -0.2) is 23.5 Å². The molecular weight excluding hydrogens is 351 g/mol. The first-order valence-electron chi connectivity index (χ1n) is 7.28. The van der Waals surface area contributed by atoms with E-state index < -0.39 is 0 Å². The van der Waals surface area contributed by atoms with Crippen molar-refractivity contribution in [3.8, 4) is 5.75 Å². The van der Waals surface area contributed by atoms with E-state index in [9.17, 15) is 14.7 Å². The average molecular weight is 367 g/mol. The summed E-state index contributed by atoms with van der Waals surface area (Å²) in [5, 5.41) is 15.9. The highest BCUT2D eigenvalue weighted by Crippen LogP contribution is 2.26. The van der Waals surface area contributed by atoms with Crippen molar-refractivity contribution in [2.75, 3.05) is 11.9 Å². The number of halogens is 2. The molecule has 0 saturated heterocycles. The van der Waals surface area contributed by atoms with Crippen molar-refractivity contribution in [1.29, 1.82) is 0 Å². The number of carbonyl (C=O) groups excluding carboxylic acids is 2. The Kier molecular flexibility index (Phi) is 6.46.